The third kappa shape index (κ3) is 3.90. The lowest BCUT2D eigenvalue weighted by Crippen LogP contribution is -2.41. The first-order valence-electron chi connectivity index (χ1n) is 19.7. The molecule has 3 nitrogen and oxygen atoms in total. The molecule has 4 unspecified atom stereocenters. The van der Waals surface area contributed by atoms with Gasteiger partial charge in [0.25, 0.3) is 0 Å². The van der Waals surface area contributed by atoms with Crippen molar-refractivity contribution in [3.8, 4) is 0 Å². The Morgan fingerprint density at radius 1 is 0.642 bits per heavy atom. The van der Waals surface area contributed by atoms with Crippen LogP contribution in [-0.2, 0) is 5.41 Å². The molecule has 1 aliphatic heterocycles. The van der Waals surface area contributed by atoms with Gasteiger partial charge in [0.2, 0.25) is 0 Å². The Morgan fingerprint density at radius 2 is 1.30 bits per heavy atom. The summed E-state index contributed by atoms with van der Waals surface area (Å²) in [6.45, 7) is 4.68. The van der Waals surface area contributed by atoms with Crippen molar-refractivity contribution in [1.82, 2.24) is 0 Å². The van der Waals surface area contributed by atoms with Crippen molar-refractivity contribution in [2.45, 2.75) is 57.3 Å². The topological polar surface area (TPSA) is 37.4 Å². The number of benzene rings is 6. The molecule has 1 spiro atoms. The summed E-state index contributed by atoms with van der Waals surface area (Å²) in [5, 5.41) is 4.23. The minimum absolute atomic E-state index is 0.194. The van der Waals surface area contributed by atoms with Gasteiger partial charge in [-0.15, -0.1) is 0 Å². The van der Waals surface area contributed by atoms with Crippen LogP contribution in [0, 0.1) is 29.1 Å². The highest BCUT2D eigenvalue weighted by atomic mass is 16.2. The molecule has 4 saturated carbocycles. The zero-order valence-corrected chi connectivity index (χ0v) is 30.2. The number of hydrogen-bond donors (Lipinski definition) is 0. The van der Waals surface area contributed by atoms with Gasteiger partial charge >= 0.3 is 0 Å². The second-order valence-corrected chi connectivity index (χ2v) is 17.8. The largest absolute Gasteiger partial charge is 0.310 e. The SMILES string of the molecule is CC1(C)c2ccccc2N(c2ccc(C3C4CC5CC6CC3CC56C4)cc2)c2ccc3cc(C=C4C(=O)c5cc6ccccc6cc5C4=O)ccc3c21. The third-order valence-electron chi connectivity index (χ3n) is 15.1. The van der Waals surface area contributed by atoms with Gasteiger partial charge in [0.15, 0.2) is 11.6 Å². The highest BCUT2D eigenvalue weighted by molar-refractivity contribution is 6.42. The Bertz CT molecular complexity index is 2580. The highest BCUT2D eigenvalue weighted by Gasteiger charge is 2.68. The van der Waals surface area contributed by atoms with Crippen LogP contribution < -0.4 is 4.90 Å². The number of carbonyl (C=O) groups is 2. The molecule has 12 rings (SSSR count). The van der Waals surface area contributed by atoms with E-state index in [0.29, 0.717) is 11.1 Å². The number of allylic oxidation sites excluding steroid dienone is 1. The quantitative estimate of drug-likeness (QED) is 0.137. The van der Waals surface area contributed by atoms with E-state index in [4.69, 9.17) is 0 Å². The summed E-state index contributed by atoms with van der Waals surface area (Å²) >= 11 is 0. The van der Waals surface area contributed by atoms with Crippen molar-refractivity contribution < 1.29 is 9.59 Å². The van der Waals surface area contributed by atoms with Crippen LogP contribution in [-0.4, -0.2) is 11.6 Å². The lowest BCUT2D eigenvalue weighted by Gasteiger charge is -2.49. The molecule has 3 bridgehead atoms. The Labute approximate surface area is 310 Å². The van der Waals surface area contributed by atoms with E-state index < -0.39 is 0 Å². The minimum Gasteiger partial charge on any atom is -0.310 e. The molecule has 0 saturated heterocycles. The summed E-state index contributed by atoms with van der Waals surface area (Å²) in [6.07, 6.45) is 9.19. The van der Waals surface area contributed by atoms with Crippen LogP contribution >= 0.6 is 0 Å². The molecule has 0 amide bonds. The maximum Gasteiger partial charge on any atom is 0.197 e. The molecule has 6 aliphatic rings. The van der Waals surface area contributed by atoms with Gasteiger partial charge in [0.1, 0.15) is 0 Å². The van der Waals surface area contributed by atoms with Crippen LogP contribution in [0.4, 0.5) is 17.1 Å². The van der Waals surface area contributed by atoms with Gasteiger partial charge in [-0.05, 0) is 159 Å². The maximum atomic E-state index is 13.6. The minimum atomic E-state index is -0.247. The van der Waals surface area contributed by atoms with Crippen LogP contribution in [0.2, 0.25) is 0 Å². The molecule has 6 aromatic carbocycles. The number of rotatable bonds is 3. The molecule has 4 atom stereocenters. The van der Waals surface area contributed by atoms with E-state index in [9.17, 15) is 9.59 Å². The fourth-order valence-electron chi connectivity index (χ4n) is 12.9. The van der Waals surface area contributed by atoms with Crippen LogP contribution in [0.3, 0.4) is 0 Å². The van der Waals surface area contributed by atoms with Crippen molar-refractivity contribution in [2.75, 3.05) is 4.90 Å². The highest BCUT2D eigenvalue weighted by Crippen LogP contribution is 2.78. The summed E-state index contributed by atoms with van der Waals surface area (Å²) in [6, 6.07) is 41.1. The molecular weight excluding hydrogens is 647 g/mol. The predicted molar refractivity (Wildman–Crippen MR) is 214 cm³/mol. The Morgan fingerprint density at radius 3 is 2.00 bits per heavy atom. The average Bonchev–Trinajstić information content (AvgIpc) is 3.65. The van der Waals surface area contributed by atoms with Crippen LogP contribution in [0.5, 0.6) is 0 Å². The zero-order valence-electron chi connectivity index (χ0n) is 30.2. The summed E-state index contributed by atoms with van der Waals surface area (Å²) in [5.74, 6) is 4.13. The van der Waals surface area contributed by atoms with E-state index in [1.807, 2.05) is 36.4 Å². The summed E-state index contributed by atoms with van der Waals surface area (Å²) in [4.78, 5) is 29.6. The Balaban J connectivity index is 0.931. The van der Waals surface area contributed by atoms with Gasteiger partial charge in [-0.1, -0.05) is 86.6 Å². The molecule has 4 fully saturated rings. The molecule has 5 aliphatic carbocycles. The smallest absolute Gasteiger partial charge is 0.197 e. The maximum absolute atomic E-state index is 13.6. The Kier molecular flexibility index (Phi) is 5.83. The first kappa shape index (κ1) is 30.2. The van der Waals surface area contributed by atoms with Gasteiger partial charge in [-0.25, -0.2) is 0 Å². The number of anilines is 3. The number of nitrogens with zero attached hydrogens (tertiary/aromatic N) is 1. The molecule has 6 aromatic rings. The first-order chi connectivity index (χ1) is 25.8. The second-order valence-electron chi connectivity index (χ2n) is 17.8. The van der Waals surface area contributed by atoms with E-state index in [0.717, 1.165) is 56.7 Å². The number of Topliss-reactive ketones (excluding diaryl/α,β-unsaturated/α-hetero) is 2. The Hall–Kier alpha value is -5.28. The van der Waals surface area contributed by atoms with Gasteiger partial charge in [-0.3, -0.25) is 9.59 Å². The van der Waals surface area contributed by atoms with Crippen LogP contribution in [0.15, 0.2) is 121 Å². The summed E-state index contributed by atoms with van der Waals surface area (Å²) in [7, 11) is 0. The molecule has 258 valence electrons. The van der Waals surface area contributed by atoms with Gasteiger partial charge in [-0.2, -0.15) is 0 Å². The standard InChI is InChI=1S/C50H41NO2/c1-49(2)42-9-5-6-10-43(42)51(37-15-12-29(13-16-37)45-33-21-35-25-36-22-34(45)27-50(35,36)26-33)44-18-14-32-19-28(11-17-38(32)46(44)49)20-41-47(52)39-23-30-7-3-4-8-31(30)24-40(39)48(41)53/h3-20,23-24,33-36,45H,21-22,25-27H2,1-2H3. The van der Waals surface area contributed by atoms with E-state index >= 15 is 0 Å². The normalized spacial score (nSPS) is 28.2. The number of carbonyl (C=O) groups excluding carboxylic acids is 2. The molecule has 0 radical (unpaired) electrons. The predicted octanol–water partition coefficient (Wildman–Crippen LogP) is 12.1. The van der Waals surface area contributed by atoms with E-state index in [1.54, 1.807) is 11.6 Å². The van der Waals surface area contributed by atoms with E-state index in [1.165, 1.54) is 65.7 Å². The molecule has 0 N–H and O–H groups in total. The molecule has 0 aromatic heterocycles. The van der Waals surface area contributed by atoms with Crippen molar-refractivity contribution in [3.05, 3.63) is 154 Å². The molecule has 53 heavy (non-hydrogen) atoms. The fraction of sp³-hybridized carbons (Fsp3) is 0.280. The fourth-order valence-corrected chi connectivity index (χ4v) is 12.9. The van der Waals surface area contributed by atoms with Crippen molar-refractivity contribution in [3.63, 3.8) is 0 Å². The van der Waals surface area contributed by atoms with Crippen LogP contribution in [0.25, 0.3) is 27.6 Å². The number of hydrogen-bond acceptors (Lipinski definition) is 3. The zero-order chi connectivity index (χ0) is 35.4. The van der Waals surface area contributed by atoms with Gasteiger partial charge < -0.3 is 4.90 Å². The van der Waals surface area contributed by atoms with Gasteiger partial charge in [0, 0.05) is 22.2 Å². The monoisotopic (exact) mass is 687 g/mol. The van der Waals surface area contributed by atoms with Crippen molar-refractivity contribution >= 4 is 56.2 Å². The number of fused-ring (bicyclic) bond motifs is 8. The van der Waals surface area contributed by atoms with Gasteiger partial charge in [0.05, 0.1) is 16.9 Å². The summed E-state index contributed by atoms with van der Waals surface area (Å²) in [5.41, 5.74) is 10.4. The van der Waals surface area contributed by atoms with Crippen molar-refractivity contribution in [1.29, 1.82) is 0 Å². The summed E-state index contributed by atoms with van der Waals surface area (Å²) < 4.78 is 0. The van der Waals surface area contributed by atoms with E-state index in [2.05, 4.69) is 97.6 Å². The lowest BCUT2D eigenvalue weighted by atomic mass is 9.56. The molecule has 1 heterocycles. The average molecular weight is 688 g/mol. The lowest BCUT2D eigenvalue weighted by molar-refractivity contribution is -0.0000714. The second kappa shape index (κ2) is 10.2. The van der Waals surface area contributed by atoms with Crippen molar-refractivity contribution in [2.24, 2.45) is 29.1 Å². The van der Waals surface area contributed by atoms with E-state index in [-0.39, 0.29) is 22.6 Å². The third-order valence-corrected chi connectivity index (χ3v) is 15.1. The number of ketones is 2. The first-order valence-corrected chi connectivity index (χ1v) is 19.7. The van der Waals surface area contributed by atoms with Crippen LogP contribution in [0.1, 0.15) is 94.8 Å². The number of para-hydroxylation sites is 1. The molecule has 3 heteroatoms. The molecular formula is C50H41NO2.